The van der Waals surface area contributed by atoms with E-state index in [2.05, 4.69) is 45.2 Å². The minimum Gasteiger partial charge on any atom is -0.0951 e. The predicted octanol–water partition coefficient (Wildman–Crippen LogP) is 2.98. The van der Waals surface area contributed by atoms with Crippen LogP contribution in [0.15, 0.2) is 0 Å². The molecule has 1 aliphatic rings. The van der Waals surface area contributed by atoms with Gasteiger partial charge in [0.05, 0.1) is 0 Å². The van der Waals surface area contributed by atoms with Gasteiger partial charge in [0, 0.05) is 7.33 Å². The van der Waals surface area contributed by atoms with Crippen LogP contribution in [0.2, 0.25) is 0 Å². The van der Waals surface area contributed by atoms with Crippen LogP contribution in [0.1, 0.15) is 12.8 Å². The van der Waals surface area contributed by atoms with Crippen molar-refractivity contribution in [2.45, 2.75) is 20.2 Å². The molecule has 7 heavy (non-hydrogen) atoms. The lowest BCUT2D eigenvalue weighted by Gasteiger charge is -1.94. The van der Waals surface area contributed by atoms with E-state index in [4.69, 9.17) is 0 Å². The van der Waals surface area contributed by atoms with E-state index in [-0.39, 0.29) is 0 Å². The van der Waals surface area contributed by atoms with Crippen LogP contribution in [0.25, 0.3) is 0 Å². The minimum absolute atomic E-state index is 1.01. The van der Waals surface area contributed by atoms with Gasteiger partial charge in [-0.1, -0.05) is 53.8 Å². The monoisotopic (exact) mass is 340 g/mol. The second-order valence-corrected chi connectivity index (χ2v) is 8.76. The molecule has 0 aromatic heterocycles. The SMILES string of the molecule is IC1CC[C@@H](I)P1. The Bertz CT molecular complexity index is 58.7. The molecule has 0 aliphatic carbocycles. The first-order valence-corrected chi connectivity index (χ1v) is 5.98. The van der Waals surface area contributed by atoms with Crippen LogP contribution in [0.4, 0.5) is 0 Å². The fourth-order valence-electron chi connectivity index (χ4n) is 0.656. The maximum Gasteiger partial charge on any atom is 0.0292 e. The smallest absolute Gasteiger partial charge is 0.0292 e. The van der Waals surface area contributed by atoms with Crippen LogP contribution in [0, 0.1) is 0 Å². The molecule has 3 heteroatoms. The van der Waals surface area contributed by atoms with Crippen molar-refractivity contribution in [1.82, 2.24) is 0 Å². The molecule has 0 amide bonds. The number of halogens is 2. The Balaban J connectivity index is 2.26. The molecule has 0 radical (unpaired) electrons. The van der Waals surface area contributed by atoms with E-state index >= 15 is 0 Å². The van der Waals surface area contributed by atoms with E-state index in [1.54, 1.807) is 0 Å². The summed E-state index contributed by atoms with van der Waals surface area (Å²) in [5.74, 6) is 0. The van der Waals surface area contributed by atoms with E-state index in [1.165, 1.54) is 21.4 Å². The summed E-state index contributed by atoms with van der Waals surface area (Å²) in [4.78, 5) is 0. The first kappa shape index (κ1) is 7.00. The van der Waals surface area contributed by atoms with Gasteiger partial charge in [-0.2, -0.15) is 0 Å². The van der Waals surface area contributed by atoms with Crippen LogP contribution in [0.5, 0.6) is 0 Å². The molecule has 0 saturated carbocycles. The van der Waals surface area contributed by atoms with Gasteiger partial charge in [0.25, 0.3) is 0 Å². The molecule has 1 fully saturated rings. The van der Waals surface area contributed by atoms with Gasteiger partial charge in [0.15, 0.2) is 0 Å². The van der Waals surface area contributed by atoms with Gasteiger partial charge < -0.3 is 0 Å². The topological polar surface area (TPSA) is 0 Å². The largest absolute Gasteiger partial charge is 0.0951 e. The molecule has 1 rings (SSSR count). The lowest BCUT2D eigenvalue weighted by Crippen LogP contribution is -1.73. The second kappa shape index (κ2) is 3.16. The zero-order valence-corrected chi connectivity index (χ0v) is 9.14. The Kier molecular flexibility index (Phi) is 3.16. The first-order valence-electron chi connectivity index (χ1n) is 2.33. The summed E-state index contributed by atoms with van der Waals surface area (Å²) in [5, 5.41) is 0. The maximum atomic E-state index is 2.55. The fraction of sp³-hybridized carbons (Fsp3) is 1.00. The summed E-state index contributed by atoms with van der Waals surface area (Å²) in [6.45, 7) is 0. The molecule has 3 atom stereocenters. The number of hydrogen-bond donors (Lipinski definition) is 0. The van der Waals surface area contributed by atoms with Crippen molar-refractivity contribution in [2.24, 2.45) is 0 Å². The lowest BCUT2D eigenvalue weighted by atomic mass is 10.4. The van der Waals surface area contributed by atoms with E-state index in [0.29, 0.717) is 0 Å². The first-order chi connectivity index (χ1) is 3.29. The standard InChI is InChI=1S/C4H7I2P/c5-3-1-2-4(6)7-3/h3-4,7H,1-2H2/t3-,4?/m0/s1. The van der Waals surface area contributed by atoms with Crippen molar-refractivity contribution >= 4 is 53.8 Å². The summed E-state index contributed by atoms with van der Waals surface area (Å²) in [6, 6.07) is 0. The van der Waals surface area contributed by atoms with Crippen molar-refractivity contribution in [2.75, 3.05) is 0 Å². The molecule has 0 spiro atoms. The summed E-state index contributed by atoms with van der Waals surface area (Å²) < 4.78 is 2.03. The minimum atomic E-state index is 1.01. The van der Waals surface area contributed by atoms with Gasteiger partial charge in [0.1, 0.15) is 0 Å². The van der Waals surface area contributed by atoms with Gasteiger partial charge in [0.2, 0.25) is 0 Å². The fourth-order valence-corrected chi connectivity index (χ4v) is 7.10. The average Bonchev–Trinajstić information content (AvgIpc) is 1.87. The molecule has 42 valence electrons. The van der Waals surface area contributed by atoms with Crippen LogP contribution in [-0.4, -0.2) is 7.33 Å². The van der Waals surface area contributed by atoms with Gasteiger partial charge in [-0.15, -0.1) is 0 Å². The maximum absolute atomic E-state index is 2.55. The summed E-state index contributed by atoms with van der Waals surface area (Å²) >= 11 is 5.11. The van der Waals surface area contributed by atoms with Gasteiger partial charge in [-0.3, -0.25) is 0 Å². The van der Waals surface area contributed by atoms with Crippen LogP contribution in [0.3, 0.4) is 0 Å². The third-order valence-electron chi connectivity index (χ3n) is 1.04. The molecule has 1 aliphatic heterocycles. The highest BCUT2D eigenvalue weighted by molar-refractivity contribution is 14.1. The third kappa shape index (κ3) is 2.31. The predicted molar refractivity (Wildman–Crippen MR) is 53.2 cm³/mol. The molecule has 0 bridgehead atoms. The van der Waals surface area contributed by atoms with Crippen molar-refractivity contribution in [3.8, 4) is 0 Å². The zero-order valence-electron chi connectivity index (χ0n) is 3.82. The normalized spacial score (nSPS) is 45.4. The number of hydrogen-bond acceptors (Lipinski definition) is 0. The molecule has 0 aromatic carbocycles. The quantitative estimate of drug-likeness (QED) is 0.361. The molecule has 2 unspecified atom stereocenters. The molecule has 1 heterocycles. The van der Waals surface area contributed by atoms with Gasteiger partial charge in [-0.05, 0) is 12.8 Å². The Hall–Kier alpha value is 1.89. The molecular formula is C4H7I2P. The van der Waals surface area contributed by atoms with Crippen molar-refractivity contribution in [1.29, 1.82) is 0 Å². The molecule has 1 saturated heterocycles. The van der Waals surface area contributed by atoms with E-state index in [0.717, 1.165) is 7.33 Å². The van der Waals surface area contributed by atoms with Crippen LogP contribution in [-0.2, 0) is 0 Å². The van der Waals surface area contributed by atoms with Crippen molar-refractivity contribution < 1.29 is 0 Å². The van der Waals surface area contributed by atoms with Crippen LogP contribution < -0.4 is 0 Å². The molecule has 0 aromatic rings. The highest BCUT2D eigenvalue weighted by Crippen LogP contribution is 2.46. The van der Waals surface area contributed by atoms with Gasteiger partial charge >= 0.3 is 0 Å². The molecule has 0 nitrogen and oxygen atoms in total. The Morgan fingerprint density at radius 1 is 1.14 bits per heavy atom. The van der Waals surface area contributed by atoms with E-state index in [9.17, 15) is 0 Å². The molecule has 0 N–H and O–H groups in total. The van der Waals surface area contributed by atoms with E-state index in [1.807, 2.05) is 0 Å². The van der Waals surface area contributed by atoms with Crippen molar-refractivity contribution in [3.05, 3.63) is 0 Å². The zero-order chi connectivity index (χ0) is 5.28. The second-order valence-electron chi connectivity index (χ2n) is 1.68. The van der Waals surface area contributed by atoms with E-state index < -0.39 is 0 Å². The third-order valence-corrected chi connectivity index (χ3v) is 5.74. The highest BCUT2D eigenvalue weighted by Gasteiger charge is 2.18. The Morgan fingerprint density at radius 2 is 1.57 bits per heavy atom. The molecular weight excluding hydrogens is 333 g/mol. The highest BCUT2D eigenvalue weighted by atomic mass is 127. The summed E-state index contributed by atoms with van der Waals surface area (Å²) in [6.07, 6.45) is 2.93. The van der Waals surface area contributed by atoms with Gasteiger partial charge in [-0.25, -0.2) is 0 Å². The lowest BCUT2D eigenvalue weighted by molar-refractivity contribution is 0.926. The Morgan fingerprint density at radius 3 is 1.71 bits per heavy atom. The number of alkyl halides is 2. The average molecular weight is 340 g/mol. The number of rotatable bonds is 0. The summed E-state index contributed by atoms with van der Waals surface area (Å²) in [7, 11) is 1.23. The van der Waals surface area contributed by atoms with Crippen molar-refractivity contribution in [3.63, 3.8) is 0 Å². The van der Waals surface area contributed by atoms with Crippen LogP contribution >= 0.6 is 53.8 Å². The Labute approximate surface area is 73.3 Å². The summed E-state index contributed by atoms with van der Waals surface area (Å²) in [5.41, 5.74) is 0.